The number of halogens is 2. The van der Waals surface area contributed by atoms with E-state index in [9.17, 15) is 4.39 Å². The van der Waals surface area contributed by atoms with Crippen LogP contribution in [0.15, 0.2) is 72.8 Å². The molecule has 0 atom stereocenters. The van der Waals surface area contributed by atoms with Crippen LogP contribution in [0, 0.1) is 5.82 Å². The zero-order valence-electron chi connectivity index (χ0n) is 13.9. The summed E-state index contributed by atoms with van der Waals surface area (Å²) in [6.45, 7) is 0.870. The first-order chi connectivity index (χ1) is 12.6. The Bertz CT molecular complexity index is 899. The first-order valence-electron chi connectivity index (χ1n) is 8.11. The Kier molecular flexibility index (Phi) is 6.21. The van der Waals surface area contributed by atoms with Crippen molar-refractivity contribution >= 4 is 28.8 Å². The number of para-hydroxylation sites is 1. The minimum Gasteiger partial charge on any atom is -0.488 e. The number of benzene rings is 3. The van der Waals surface area contributed by atoms with Crippen molar-refractivity contribution in [3.8, 4) is 5.75 Å². The van der Waals surface area contributed by atoms with E-state index in [1.54, 1.807) is 12.1 Å². The van der Waals surface area contributed by atoms with Crippen LogP contribution in [0.2, 0.25) is 5.02 Å². The summed E-state index contributed by atoms with van der Waals surface area (Å²) >= 11 is 11.7. The third-order valence-electron chi connectivity index (χ3n) is 3.84. The second-order valence-electron chi connectivity index (χ2n) is 5.69. The van der Waals surface area contributed by atoms with Crippen LogP contribution >= 0.6 is 23.8 Å². The lowest BCUT2D eigenvalue weighted by Gasteiger charge is -2.14. The molecule has 0 spiro atoms. The third-order valence-corrected chi connectivity index (χ3v) is 4.57. The normalized spacial score (nSPS) is 10.4. The molecule has 0 heterocycles. The molecule has 0 fully saturated rings. The predicted octanol–water partition coefficient (Wildman–Crippen LogP) is 5.52. The van der Waals surface area contributed by atoms with Crippen molar-refractivity contribution in [2.75, 3.05) is 0 Å². The first-order valence-corrected chi connectivity index (χ1v) is 8.90. The van der Waals surface area contributed by atoms with Crippen molar-refractivity contribution in [3.05, 3.63) is 100 Å². The molecule has 5 heteroatoms. The Morgan fingerprint density at radius 3 is 2.42 bits per heavy atom. The highest BCUT2D eigenvalue weighted by molar-refractivity contribution is 7.80. The molecule has 1 N–H and O–H groups in total. The van der Waals surface area contributed by atoms with Crippen molar-refractivity contribution in [1.29, 1.82) is 0 Å². The quantitative estimate of drug-likeness (QED) is 0.564. The topological polar surface area (TPSA) is 21.3 Å². The fraction of sp³-hybridized carbons (Fsp3) is 0.0952. The largest absolute Gasteiger partial charge is 0.488 e. The Hall–Kier alpha value is -2.43. The van der Waals surface area contributed by atoms with Gasteiger partial charge in [0.2, 0.25) is 0 Å². The fourth-order valence-electron chi connectivity index (χ4n) is 2.43. The summed E-state index contributed by atoms with van der Waals surface area (Å²) in [6.07, 6.45) is 0. The van der Waals surface area contributed by atoms with Crippen LogP contribution in [-0.2, 0) is 13.2 Å². The standard InChI is InChI=1S/C21H17ClFNOS/c22-19-7-3-1-5-16(19)14-25-20-8-4-2-6-18(20)21(26)24-13-15-9-11-17(23)12-10-15/h1-12H,13-14H2,(H,24,26). The van der Waals surface area contributed by atoms with Crippen LogP contribution in [-0.4, -0.2) is 4.99 Å². The van der Waals surface area contributed by atoms with E-state index < -0.39 is 0 Å². The van der Waals surface area contributed by atoms with E-state index in [2.05, 4.69) is 5.32 Å². The van der Waals surface area contributed by atoms with Gasteiger partial charge in [0, 0.05) is 17.1 Å². The van der Waals surface area contributed by atoms with E-state index in [4.69, 9.17) is 28.6 Å². The van der Waals surface area contributed by atoms with Crippen LogP contribution in [0.1, 0.15) is 16.7 Å². The highest BCUT2D eigenvalue weighted by Gasteiger charge is 2.09. The summed E-state index contributed by atoms with van der Waals surface area (Å²) in [7, 11) is 0. The van der Waals surface area contributed by atoms with Crippen LogP contribution < -0.4 is 10.1 Å². The lowest BCUT2D eigenvalue weighted by atomic mass is 10.1. The molecule has 26 heavy (non-hydrogen) atoms. The number of hydrogen-bond acceptors (Lipinski definition) is 2. The molecule has 0 saturated carbocycles. The van der Waals surface area contributed by atoms with Gasteiger partial charge in [-0.25, -0.2) is 4.39 Å². The Balaban J connectivity index is 1.67. The lowest BCUT2D eigenvalue weighted by molar-refractivity contribution is 0.305. The maximum absolute atomic E-state index is 13.0. The van der Waals surface area contributed by atoms with Gasteiger partial charge in [0.1, 0.15) is 23.2 Å². The van der Waals surface area contributed by atoms with Crippen molar-refractivity contribution in [3.63, 3.8) is 0 Å². The summed E-state index contributed by atoms with van der Waals surface area (Å²) in [6, 6.07) is 21.5. The predicted molar refractivity (Wildman–Crippen MR) is 107 cm³/mol. The summed E-state index contributed by atoms with van der Waals surface area (Å²) in [4.78, 5) is 0.573. The van der Waals surface area contributed by atoms with Crippen molar-refractivity contribution < 1.29 is 9.13 Å². The Morgan fingerprint density at radius 2 is 1.65 bits per heavy atom. The summed E-state index contributed by atoms with van der Waals surface area (Å²) in [5, 5.41) is 3.86. The van der Waals surface area contributed by atoms with E-state index in [1.807, 2.05) is 48.5 Å². The van der Waals surface area contributed by atoms with Gasteiger partial charge in [-0.2, -0.15) is 0 Å². The zero-order valence-corrected chi connectivity index (χ0v) is 15.5. The molecule has 3 aromatic carbocycles. The van der Waals surface area contributed by atoms with Gasteiger partial charge in [-0.05, 0) is 35.9 Å². The first kappa shape index (κ1) is 18.4. The van der Waals surface area contributed by atoms with E-state index in [-0.39, 0.29) is 5.82 Å². The molecule has 0 amide bonds. The number of ether oxygens (including phenoxy) is 1. The molecule has 0 bridgehead atoms. The molecule has 0 aliphatic heterocycles. The molecule has 0 aliphatic rings. The van der Waals surface area contributed by atoms with Crippen LogP contribution in [0.4, 0.5) is 4.39 Å². The van der Waals surface area contributed by atoms with Gasteiger partial charge in [-0.15, -0.1) is 0 Å². The van der Waals surface area contributed by atoms with Gasteiger partial charge in [-0.1, -0.05) is 66.3 Å². The Labute approximate surface area is 162 Å². The lowest BCUT2D eigenvalue weighted by Crippen LogP contribution is -2.22. The maximum atomic E-state index is 13.0. The molecule has 0 saturated heterocycles. The summed E-state index contributed by atoms with van der Waals surface area (Å²) in [5.41, 5.74) is 2.66. The molecule has 0 unspecified atom stereocenters. The molecule has 132 valence electrons. The molecular formula is C21H17ClFNOS. The number of rotatable bonds is 6. The SMILES string of the molecule is Fc1ccc(CNC(=S)c2ccccc2OCc2ccccc2Cl)cc1. The van der Waals surface area contributed by atoms with Crippen LogP contribution in [0.25, 0.3) is 0 Å². The monoisotopic (exact) mass is 385 g/mol. The minimum atomic E-state index is -0.255. The van der Waals surface area contributed by atoms with Gasteiger partial charge in [0.25, 0.3) is 0 Å². The van der Waals surface area contributed by atoms with E-state index in [0.717, 1.165) is 16.7 Å². The van der Waals surface area contributed by atoms with Gasteiger partial charge >= 0.3 is 0 Å². The van der Waals surface area contributed by atoms with Gasteiger partial charge in [-0.3, -0.25) is 0 Å². The van der Waals surface area contributed by atoms with Crippen molar-refractivity contribution in [2.24, 2.45) is 0 Å². The van der Waals surface area contributed by atoms with Gasteiger partial charge < -0.3 is 10.1 Å². The molecule has 2 nitrogen and oxygen atoms in total. The molecular weight excluding hydrogens is 369 g/mol. The van der Waals surface area contributed by atoms with Crippen LogP contribution in [0.3, 0.4) is 0 Å². The van der Waals surface area contributed by atoms with E-state index in [0.29, 0.717) is 28.9 Å². The number of hydrogen-bond donors (Lipinski definition) is 1. The average molecular weight is 386 g/mol. The van der Waals surface area contributed by atoms with E-state index in [1.165, 1.54) is 12.1 Å². The van der Waals surface area contributed by atoms with Gasteiger partial charge in [0.15, 0.2) is 0 Å². The van der Waals surface area contributed by atoms with Crippen molar-refractivity contribution in [2.45, 2.75) is 13.2 Å². The smallest absolute Gasteiger partial charge is 0.129 e. The average Bonchev–Trinajstić information content (AvgIpc) is 2.67. The second kappa shape index (κ2) is 8.79. The molecule has 3 rings (SSSR count). The molecule has 0 radical (unpaired) electrons. The summed E-state index contributed by atoms with van der Waals surface area (Å²) < 4.78 is 18.9. The molecule has 3 aromatic rings. The summed E-state index contributed by atoms with van der Waals surface area (Å²) in [5.74, 6) is 0.429. The third kappa shape index (κ3) is 4.81. The highest BCUT2D eigenvalue weighted by atomic mass is 35.5. The zero-order chi connectivity index (χ0) is 18.4. The molecule has 0 aliphatic carbocycles. The van der Waals surface area contributed by atoms with Crippen molar-refractivity contribution in [1.82, 2.24) is 5.32 Å². The highest BCUT2D eigenvalue weighted by Crippen LogP contribution is 2.22. The number of thiocarbonyl (C=S) groups is 1. The Morgan fingerprint density at radius 1 is 0.962 bits per heavy atom. The van der Waals surface area contributed by atoms with Gasteiger partial charge in [0.05, 0.1) is 5.56 Å². The minimum absolute atomic E-state index is 0.255. The molecule has 0 aromatic heterocycles. The van der Waals surface area contributed by atoms with E-state index >= 15 is 0 Å². The second-order valence-corrected chi connectivity index (χ2v) is 6.50. The maximum Gasteiger partial charge on any atom is 0.129 e. The fourth-order valence-corrected chi connectivity index (χ4v) is 2.86. The number of nitrogens with one attached hydrogen (secondary N) is 1. The van der Waals surface area contributed by atoms with Crippen LogP contribution in [0.5, 0.6) is 5.75 Å².